The lowest BCUT2D eigenvalue weighted by Gasteiger charge is -2.11. The molecule has 1 rings (SSSR count). The van der Waals surface area contributed by atoms with Crippen molar-refractivity contribution in [2.45, 2.75) is 18.7 Å². The van der Waals surface area contributed by atoms with Gasteiger partial charge in [-0.3, -0.25) is 4.79 Å². The summed E-state index contributed by atoms with van der Waals surface area (Å²) in [6, 6.07) is 7.07. The van der Waals surface area contributed by atoms with Crippen LogP contribution in [-0.2, 0) is 21.2 Å². The number of rotatable bonds is 4. The lowest BCUT2D eigenvalue weighted by molar-refractivity contribution is -0.120. The molecule has 1 amide bonds. The average molecular weight is 276 g/mol. The van der Waals surface area contributed by atoms with Crippen molar-refractivity contribution in [1.29, 1.82) is 0 Å². The maximum Gasteiger partial charge on any atom is 0.238 e. The summed E-state index contributed by atoms with van der Waals surface area (Å²) in [7, 11) is -3.36. The van der Waals surface area contributed by atoms with Crippen molar-refractivity contribution < 1.29 is 13.2 Å². The Kier molecular flexibility index (Phi) is 4.54. The zero-order valence-electron chi connectivity index (χ0n) is 9.60. The van der Waals surface area contributed by atoms with Crippen molar-refractivity contribution in [1.82, 2.24) is 5.32 Å². The third-order valence-electron chi connectivity index (χ3n) is 2.42. The highest BCUT2D eigenvalue weighted by Crippen LogP contribution is 2.14. The zero-order chi connectivity index (χ0) is 13.1. The van der Waals surface area contributed by atoms with Crippen molar-refractivity contribution in [2.24, 2.45) is 0 Å². The van der Waals surface area contributed by atoms with E-state index in [0.29, 0.717) is 5.02 Å². The minimum Gasteiger partial charge on any atom is -0.351 e. The number of halogens is 1. The van der Waals surface area contributed by atoms with Gasteiger partial charge in [-0.1, -0.05) is 29.8 Å². The molecule has 1 N–H and O–H groups in total. The fraction of sp³-hybridized carbons (Fsp3) is 0.364. The lowest BCUT2D eigenvalue weighted by Crippen LogP contribution is -2.37. The molecule has 0 bridgehead atoms. The van der Waals surface area contributed by atoms with Crippen LogP contribution < -0.4 is 5.32 Å². The predicted octanol–water partition coefficient (Wildman–Crippen LogP) is 1.39. The van der Waals surface area contributed by atoms with E-state index in [-0.39, 0.29) is 6.54 Å². The molecule has 0 aliphatic heterocycles. The number of hydrogen-bond donors (Lipinski definition) is 1. The monoisotopic (exact) mass is 275 g/mol. The summed E-state index contributed by atoms with van der Waals surface area (Å²) in [6.45, 7) is 1.58. The molecule has 94 valence electrons. The van der Waals surface area contributed by atoms with E-state index < -0.39 is 21.0 Å². The molecule has 0 unspecified atom stereocenters. The minimum atomic E-state index is -3.36. The van der Waals surface area contributed by atoms with E-state index >= 15 is 0 Å². The second-order valence-electron chi connectivity index (χ2n) is 3.78. The van der Waals surface area contributed by atoms with Gasteiger partial charge in [0.1, 0.15) is 5.25 Å². The first-order valence-electron chi connectivity index (χ1n) is 5.02. The molecule has 17 heavy (non-hydrogen) atoms. The van der Waals surface area contributed by atoms with Crippen LogP contribution in [0.25, 0.3) is 0 Å². The van der Waals surface area contributed by atoms with Crippen molar-refractivity contribution in [3.63, 3.8) is 0 Å². The van der Waals surface area contributed by atoms with Gasteiger partial charge in [-0.05, 0) is 18.6 Å². The number of benzene rings is 1. The normalized spacial score (nSPS) is 13.1. The van der Waals surface area contributed by atoms with Crippen LogP contribution in [0.5, 0.6) is 0 Å². The van der Waals surface area contributed by atoms with Crippen molar-refractivity contribution >= 4 is 27.3 Å². The molecule has 0 aliphatic carbocycles. The van der Waals surface area contributed by atoms with Crippen LogP contribution in [-0.4, -0.2) is 25.8 Å². The maximum absolute atomic E-state index is 11.5. The van der Waals surface area contributed by atoms with Crippen LogP contribution in [0.4, 0.5) is 0 Å². The van der Waals surface area contributed by atoms with Gasteiger partial charge in [-0.25, -0.2) is 8.42 Å². The molecule has 0 radical (unpaired) electrons. The first-order valence-corrected chi connectivity index (χ1v) is 7.35. The fourth-order valence-electron chi connectivity index (χ4n) is 1.16. The first-order chi connectivity index (χ1) is 7.82. The van der Waals surface area contributed by atoms with Gasteiger partial charge in [0.25, 0.3) is 0 Å². The molecule has 0 aromatic heterocycles. The van der Waals surface area contributed by atoms with Gasteiger partial charge in [0.15, 0.2) is 9.84 Å². The number of amides is 1. The van der Waals surface area contributed by atoms with Crippen LogP contribution in [0.2, 0.25) is 5.02 Å². The van der Waals surface area contributed by atoms with Crippen LogP contribution >= 0.6 is 11.6 Å². The van der Waals surface area contributed by atoms with Crippen LogP contribution in [0.3, 0.4) is 0 Å². The number of nitrogens with one attached hydrogen (secondary N) is 1. The molecule has 1 aromatic rings. The standard InChI is InChI=1S/C11H14ClNO3S/c1-8(17(2,15)16)11(14)13-7-9-5-3-4-6-10(9)12/h3-6,8H,7H2,1-2H3,(H,13,14)/t8-/m0/s1. The van der Waals surface area contributed by atoms with Gasteiger partial charge in [-0.15, -0.1) is 0 Å². The molecule has 0 aliphatic rings. The number of sulfone groups is 1. The summed E-state index contributed by atoms with van der Waals surface area (Å²) in [4.78, 5) is 11.5. The number of carbonyl (C=O) groups excluding carboxylic acids is 1. The Balaban J connectivity index is 2.64. The third-order valence-corrected chi connectivity index (χ3v) is 4.29. The third kappa shape index (κ3) is 4.02. The minimum absolute atomic E-state index is 0.221. The van der Waals surface area contributed by atoms with E-state index in [1.807, 2.05) is 0 Å². The highest BCUT2D eigenvalue weighted by atomic mass is 35.5. The van der Waals surface area contributed by atoms with Crippen molar-refractivity contribution in [2.75, 3.05) is 6.26 Å². The molecule has 0 spiro atoms. The summed E-state index contributed by atoms with van der Waals surface area (Å²) < 4.78 is 22.3. The van der Waals surface area contributed by atoms with Crippen LogP contribution in [0.1, 0.15) is 12.5 Å². The SMILES string of the molecule is C[C@@H](C(=O)NCc1ccccc1Cl)S(C)(=O)=O. The fourth-order valence-corrected chi connectivity index (χ4v) is 1.84. The summed E-state index contributed by atoms with van der Waals surface area (Å²) in [5.41, 5.74) is 0.753. The molecule has 4 nitrogen and oxygen atoms in total. The highest BCUT2D eigenvalue weighted by Gasteiger charge is 2.23. The summed E-state index contributed by atoms with van der Waals surface area (Å²) in [6.07, 6.45) is 1.03. The molecule has 1 atom stereocenters. The Morgan fingerprint density at radius 3 is 2.53 bits per heavy atom. The second-order valence-corrected chi connectivity index (χ2v) is 6.55. The molecule has 0 saturated carbocycles. The summed E-state index contributed by atoms with van der Waals surface area (Å²) in [5, 5.41) is 2.03. The largest absolute Gasteiger partial charge is 0.351 e. The number of hydrogen-bond acceptors (Lipinski definition) is 3. The zero-order valence-corrected chi connectivity index (χ0v) is 11.2. The smallest absolute Gasteiger partial charge is 0.238 e. The first kappa shape index (κ1) is 14.0. The van der Waals surface area contributed by atoms with E-state index in [1.54, 1.807) is 24.3 Å². The Morgan fingerprint density at radius 2 is 2.00 bits per heavy atom. The van der Waals surface area contributed by atoms with Crippen molar-refractivity contribution in [3.8, 4) is 0 Å². The molecular weight excluding hydrogens is 262 g/mol. The van der Waals surface area contributed by atoms with Crippen LogP contribution in [0.15, 0.2) is 24.3 Å². The van der Waals surface area contributed by atoms with E-state index in [9.17, 15) is 13.2 Å². The summed E-state index contributed by atoms with van der Waals surface area (Å²) >= 11 is 5.91. The Morgan fingerprint density at radius 1 is 1.41 bits per heavy atom. The second kappa shape index (κ2) is 5.51. The number of carbonyl (C=O) groups is 1. The molecule has 6 heteroatoms. The Bertz CT molecular complexity index is 513. The van der Waals surface area contributed by atoms with Crippen LogP contribution in [0, 0.1) is 0 Å². The Hall–Kier alpha value is -1.07. The molecular formula is C11H14ClNO3S. The molecule has 0 fully saturated rings. The van der Waals surface area contributed by atoms with Gasteiger partial charge in [0, 0.05) is 17.8 Å². The highest BCUT2D eigenvalue weighted by molar-refractivity contribution is 7.92. The van der Waals surface area contributed by atoms with E-state index in [4.69, 9.17) is 11.6 Å². The quantitative estimate of drug-likeness (QED) is 0.903. The predicted molar refractivity (Wildman–Crippen MR) is 67.6 cm³/mol. The van der Waals surface area contributed by atoms with E-state index in [0.717, 1.165) is 11.8 Å². The average Bonchev–Trinajstić information content (AvgIpc) is 2.25. The Labute approximate surface area is 106 Å². The topological polar surface area (TPSA) is 63.2 Å². The maximum atomic E-state index is 11.5. The molecule has 0 saturated heterocycles. The summed E-state index contributed by atoms with van der Waals surface area (Å²) in [5.74, 6) is -0.521. The molecule has 0 heterocycles. The van der Waals surface area contributed by atoms with Gasteiger partial charge >= 0.3 is 0 Å². The van der Waals surface area contributed by atoms with Gasteiger partial charge in [0.2, 0.25) is 5.91 Å². The van der Waals surface area contributed by atoms with E-state index in [2.05, 4.69) is 5.32 Å². The van der Waals surface area contributed by atoms with Gasteiger partial charge in [-0.2, -0.15) is 0 Å². The van der Waals surface area contributed by atoms with E-state index in [1.165, 1.54) is 6.92 Å². The van der Waals surface area contributed by atoms with Crippen molar-refractivity contribution in [3.05, 3.63) is 34.9 Å². The lowest BCUT2D eigenvalue weighted by atomic mass is 10.2. The van der Waals surface area contributed by atoms with Gasteiger partial charge in [0.05, 0.1) is 0 Å². The molecule has 1 aromatic carbocycles. The van der Waals surface area contributed by atoms with Gasteiger partial charge < -0.3 is 5.32 Å².